The standard InChI is InChI=1S/C13H16F3NO3/c1-3-9(2)20-11-6-4-5-10(7-11)17-12(18)19-8-13(14,15)16/h4-7,9H,3,8H2,1-2H3,(H,17,18). The van der Waals surface area contributed by atoms with Crippen LogP contribution in [0.5, 0.6) is 5.75 Å². The maximum atomic E-state index is 11.9. The number of hydrogen-bond acceptors (Lipinski definition) is 3. The fourth-order valence-electron chi connectivity index (χ4n) is 1.26. The average molecular weight is 291 g/mol. The first-order valence-electron chi connectivity index (χ1n) is 6.07. The minimum atomic E-state index is -4.54. The molecule has 1 rings (SSSR count). The van der Waals surface area contributed by atoms with Gasteiger partial charge in [0.1, 0.15) is 5.75 Å². The topological polar surface area (TPSA) is 47.6 Å². The van der Waals surface area contributed by atoms with Crippen LogP contribution in [0.4, 0.5) is 23.7 Å². The molecule has 20 heavy (non-hydrogen) atoms. The van der Waals surface area contributed by atoms with Crippen molar-refractivity contribution >= 4 is 11.8 Å². The summed E-state index contributed by atoms with van der Waals surface area (Å²) in [5, 5.41) is 2.20. The smallest absolute Gasteiger partial charge is 0.422 e. The van der Waals surface area contributed by atoms with E-state index in [4.69, 9.17) is 4.74 Å². The molecule has 1 aromatic carbocycles. The fourth-order valence-corrected chi connectivity index (χ4v) is 1.26. The predicted molar refractivity (Wildman–Crippen MR) is 67.8 cm³/mol. The molecule has 0 heterocycles. The lowest BCUT2D eigenvalue weighted by molar-refractivity contribution is -0.159. The zero-order valence-corrected chi connectivity index (χ0v) is 11.2. The highest BCUT2D eigenvalue weighted by atomic mass is 19.4. The molecule has 0 spiro atoms. The number of alkyl halides is 3. The van der Waals surface area contributed by atoms with Crippen LogP contribution in [0.25, 0.3) is 0 Å². The summed E-state index contributed by atoms with van der Waals surface area (Å²) in [5.41, 5.74) is 0.304. The zero-order valence-electron chi connectivity index (χ0n) is 11.2. The van der Waals surface area contributed by atoms with Gasteiger partial charge >= 0.3 is 12.3 Å². The molecule has 7 heteroatoms. The molecule has 0 bridgehead atoms. The van der Waals surface area contributed by atoms with Crippen molar-refractivity contribution in [2.45, 2.75) is 32.5 Å². The van der Waals surface area contributed by atoms with Gasteiger partial charge in [-0.15, -0.1) is 0 Å². The monoisotopic (exact) mass is 291 g/mol. The number of halogens is 3. The summed E-state index contributed by atoms with van der Waals surface area (Å²) in [6.07, 6.45) is -4.89. The van der Waals surface area contributed by atoms with Crippen molar-refractivity contribution in [2.24, 2.45) is 0 Å². The second-order valence-corrected chi connectivity index (χ2v) is 4.18. The summed E-state index contributed by atoms with van der Waals surface area (Å²) in [7, 11) is 0. The second kappa shape index (κ2) is 7.02. The summed E-state index contributed by atoms with van der Waals surface area (Å²) >= 11 is 0. The molecule has 1 amide bonds. The Hall–Kier alpha value is -1.92. The van der Waals surface area contributed by atoms with Gasteiger partial charge in [-0.25, -0.2) is 4.79 Å². The van der Waals surface area contributed by atoms with Crippen LogP contribution < -0.4 is 10.1 Å². The van der Waals surface area contributed by atoms with Gasteiger partial charge in [-0.05, 0) is 25.5 Å². The van der Waals surface area contributed by atoms with Crippen LogP contribution in [-0.2, 0) is 4.74 Å². The maximum Gasteiger partial charge on any atom is 0.422 e. The molecule has 0 aliphatic carbocycles. The van der Waals surface area contributed by atoms with E-state index >= 15 is 0 Å². The van der Waals surface area contributed by atoms with Crippen LogP contribution in [0.1, 0.15) is 20.3 Å². The summed E-state index contributed by atoms with van der Waals surface area (Å²) in [4.78, 5) is 11.2. The summed E-state index contributed by atoms with van der Waals surface area (Å²) in [6.45, 7) is 2.22. The minimum absolute atomic E-state index is 0.00225. The van der Waals surface area contributed by atoms with Crippen molar-refractivity contribution in [3.63, 3.8) is 0 Å². The Morgan fingerprint density at radius 3 is 2.70 bits per heavy atom. The van der Waals surface area contributed by atoms with Crippen LogP contribution >= 0.6 is 0 Å². The van der Waals surface area contributed by atoms with E-state index in [2.05, 4.69) is 10.1 Å². The number of benzene rings is 1. The summed E-state index contributed by atoms with van der Waals surface area (Å²) in [6, 6.07) is 6.36. The van der Waals surface area contributed by atoms with Gasteiger partial charge in [-0.1, -0.05) is 13.0 Å². The molecule has 1 unspecified atom stereocenters. The third-order valence-corrected chi connectivity index (χ3v) is 2.36. The molecule has 0 aliphatic heterocycles. The predicted octanol–water partition coefficient (Wildman–Crippen LogP) is 3.97. The number of nitrogens with one attached hydrogen (secondary N) is 1. The number of rotatable bonds is 5. The van der Waals surface area contributed by atoms with E-state index in [1.165, 1.54) is 12.1 Å². The first-order chi connectivity index (χ1) is 9.30. The van der Waals surface area contributed by atoms with Gasteiger partial charge in [0.15, 0.2) is 6.61 Å². The average Bonchev–Trinajstić information content (AvgIpc) is 2.36. The van der Waals surface area contributed by atoms with Crippen LogP contribution in [0.15, 0.2) is 24.3 Å². The molecule has 0 aromatic heterocycles. The Balaban J connectivity index is 2.55. The number of carbonyl (C=O) groups excluding carboxylic acids is 1. The third kappa shape index (κ3) is 6.31. The van der Waals surface area contributed by atoms with Crippen LogP contribution in [0, 0.1) is 0 Å². The first-order valence-corrected chi connectivity index (χ1v) is 6.07. The molecule has 0 saturated heterocycles. The Labute approximate surface area is 114 Å². The number of carbonyl (C=O) groups is 1. The molecule has 0 fully saturated rings. The van der Waals surface area contributed by atoms with Gasteiger partial charge < -0.3 is 9.47 Å². The number of amides is 1. The lowest BCUT2D eigenvalue weighted by Gasteiger charge is -2.14. The number of ether oxygens (including phenoxy) is 2. The van der Waals surface area contributed by atoms with Gasteiger partial charge in [0.2, 0.25) is 0 Å². The molecule has 0 aliphatic rings. The maximum absolute atomic E-state index is 11.9. The summed E-state index contributed by atoms with van der Waals surface area (Å²) < 4.78 is 45.2. The zero-order chi connectivity index (χ0) is 15.2. The minimum Gasteiger partial charge on any atom is -0.491 e. The number of hydrogen-bond donors (Lipinski definition) is 1. The van der Waals surface area contributed by atoms with E-state index in [0.717, 1.165) is 6.42 Å². The first kappa shape index (κ1) is 16.1. The van der Waals surface area contributed by atoms with Gasteiger partial charge in [0.05, 0.1) is 6.10 Å². The van der Waals surface area contributed by atoms with Crippen LogP contribution in [0.2, 0.25) is 0 Å². The normalized spacial score (nSPS) is 12.7. The van der Waals surface area contributed by atoms with E-state index in [0.29, 0.717) is 11.4 Å². The Morgan fingerprint density at radius 2 is 2.10 bits per heavy atom. The van der Waals surface area contributed by atoms with Crippen molar-refractivity contribution in [1.29, 1.82) is 0 Å². The van der Waals surface area contributed by atoms with E-state index in [1.807, 2.05) is 13.8 Å². The van der Waals surface area contributed by atoms with Crippen molar-refractivity contribution < 1.29 is 27.4 Å². The Bertz CT molecular complexity index is 449. The molecular weight excluding hydrogens is 275 g/mol. The molecule has 1 atom stereocenters. The van der Waals surface area contributed by atoms with Crippen LogP contribution in [-0.4, -0.2) is 25.0 Å². The van der Waals surface area contributed by atoms with Gasteiger partial charge in [-0.2, -0.15) is 13.2 Å². The van der Waals surface area contributed by atoms with Crippen molar-refractivity contribution in [1.82, 2.24) is 0 Å². The molecule has 1 aromatic rings. The SMILES string of the molecule is CCC(C)Oc1cccc(NC(=O)OCC(F)(F)F)c1. The third-order valence-electron chi connectivity index (χ3n) is 2.36. The van der Waals surface area contributed by atoms with Gasteiger partial charge in [-0.3, -0.25) is 5.32 Å². The summed E-state index contributed by atoms with van der Waals surface area (Å²) in [5.74, 6) is 0.521. The highest BCUT2D eigenvalue weighted by Gasteiger charge is 2.29. The molecule has 4 nitrogen and oxygen atoms in total. The second-order valence-electron chi connectivity index (χ2n) is 4.18. The van der Waals surface area contributed by atoms with Gasteiger partial charge in [0.25, 0.3) is 0 Å². The highest BCUT2D eigenvalue weighted by Crippen LogP contribution is 2.20. The number of anilines is 1. The Morgan fingerprint density at radius 1 is 1.40 bits per heavy atom. The van der Waals surface area contributed by atoms with E-state index in [9.17, 15) is 18.0 Å². The molecular formula is C13H16F3NO3. The lowest BCUT2D eigenvalue weighted by atomic mass is 10.3. The largest absolute Gasteiger partial charge is 0.491 e. The fraction of sp³-hybridized carbons (Fsp3) is 0.462. The molecule has 112 valence electrons. The highest BCUT2D eigenvalue weighted by molar-refractivity contribution is 5.84. The van der Waals surface area contributed by atoms with Crippen molar-refractivity contribution in [3.05, 3.63) is 24.3 Å². The molecule has 0 radical (unpaired) electrons. The van der Waals surface area contributed by atoms with Crippen molar-refractivity contribution in [3.8, 4) is 5.75 Å². The van der Waals surface area contributed by atoms with E-state index < -0.39 is 18.9 Å². The van der Waals surface area contributed by atoms with Gasteiger partial charge in [0, 0.05) is 11.8 Å². The van der Waals surface area contributed by atoms with E-state index in [-0.39, 0.29) is 6.10 Å². The molecule has 1 N–H and O–H groups in total. The lowest BCUT2D eigenvalue weighted by Crippen LogP contribution is -2.23. The molecule has 0 saturated carbocycles. The van der Waals surface area contributed by atoms with E-state index in [1.54, 1.807) is 12.1 Å². The Kier molecular flexibility index (Phi) is 5.66. The van der Waals surface area contributed by atoms with Crippen LogP contribution in [0.3, 0.4) is 0 Å². The quantitative estimate of drug-likeness (QED) is 0.892. The van der Waals surface area contributed by atoms with Crippen molar-refractivity contribution in [2.75, 3.05) is 11.9 Å².